The third-order valence-electron chi connectivity index (χ3n) is 2.92. The molecule has 0 radical (unpaired) electrons. The van der Waals surface area contributed by atoms with E-state index in [1.54, 1.807) is 26.3 Å². The molecule has 0 unspecified atom stereocenters. The Labute approximate surface area is 115 Å². The van der Waals surface area contributed by atoms with Crippen molar-refractivity contribution in [3.63, 3.8) is 0 Å². The number of carboxylic acid groups (broad SMARTS) is 1. The van der Waals surface area contributed by atoms with E-state index in [4.69, 9.17) is 21.4 Å². The van der Waals surface area contributed by atoms with Gasteiger partial charge in [0.1, 0.15) is 5.75 Å². The fourth-order valence-electron chi connectivity index (χ4n) is 1.96. The van der Waals surface area contributed by atoms with Crippen molar-refractivity contribution in [2.75, 3.05) is 7.11 Å². The van der Waals surface area contributed by atoms with Gasteiger partial charge in [-0.1, -0.05) is 11.6 Å². The van der Waals surface area contributed by atoms with E-state index in [9.17, 15) is 4.79 Å². The van der Waals surface area contributed by atoms with Crippen LogP contribution in [0.2, 0.25) is 5.02 Å². The lowest BCUT2D eigenvalue weighted by Gasteiger charge is -2.11. The van der Waals surface area contributed by atoms with Crippen LogP contribution in [-0.2, 0) is 7.05 Å². The Morgan fingerprint density at radius 3 is 2.63 bits per heavy atom. The van der Waals surface area contributed by atoms with Gasteiger partial charge in [-0.25, -0.2) is 4.79 Å². The van der Waals surface area contributed by atoms with Crippen LogP contribution in [0.5, 0.6) is 5.75 Å². The molecule has 0 spiro atoms. The van der Waals surface area contributed by atoms with E-state index in [1.165, 1.54) is 10.7 Å². The number of hydrogen-bond acceptors (Lipinski definition) is 3. The summed E-state index contributed by atoms with van der Waals surface area (Å²) in [5.74, 6) is -0.408. The number of ether oxygens (including phenoxy) is 1. The van der Waals surface area contributed by atoms with Gasteiger partial charge < -0.3 is 9.84 Å². The summed E-state index contributed by atoms with van der Waals surface area (Å²) in [7, 11) is 3.25. The maximum absolute atomic E-state index is 10.9. The van der Waals surface area contributed by atoms with Crippen LogP contribution in [0.3, 0.4) is 0 Å². The monoisotopic (exact) mass is 280 g/mol. The van der Waals surface area contributed by atoms with E-state index in [-0.39, 0.29) is 5.69 Å². The molecule has 1 aromatic carbocycles. The summed E-state index contributed by atoms with van der Waals surface area (Å²) in [5.41, 5.74) is 2.35. The zero-order valence-electron chi connectivity index (χ0n) is 10.8. The SMILES string of the molecule is COc1cc(Cl)cc(-c2cc(C(=O)O)nn2C)c1C. The van der Waals surface area contributed by atoms with Crippen molar-refractivity contribution in [3.05, 3.63) is 34.5 Å². The first kappa shape index (κ1) is 13.4. The molecule has 0 aliphatic heterocycles. The number of aromatic nitrogens is 2. The molecule has 0 amide bonds. The molecule has 0 fully saturated rings. The molecule has 0 aliphatic rings. The molecule has 0 aliphatic carbocycles. The molecule has 2 rings (SSSR count). The Morgan fingerprint density at radius 2 is 2.11 bits per heavy atom. The highest BCUT2D eigenvalue weighted by Crippen LogP contribution is 2.33. The summed E-state index contributed by atoms with van der Waals surface area (Å²) in [5, 5.41) is 13.4. The van der Waals surface area contributed by atoms with Gasteiger partial charge in [0.25, 0.3) is 0 Å². The molecule has 19 heavy (non-hydrogen) atoms. The van der Waals surface area contributed by atoms with Crippen molar-refractivity contribution >= 4 is 17.6 Å². The van der Waals surface area contributed by atoms with Crippen LogP contribution < -0.4 is 4.74 Å². The second-order valence-corrected chi connectivity index (χ2v) is 4.56. The number of halogens is 1. The fourth-order valence-corrected chi connectivity index (χ4v) is 2.16. The zero-order valence-corrected chi connectivity index (χ0v) is 11.5. The molecule has 1 heterocycles. The second-order valence-electron chi connectivity index (χ2n) is 4.12. The van der Waals surface area contributed by atoms with Crippen LogP contribution in [0.25, 0.3) is 11.3 Å². The molecule has 1 N–H and O–H groups in total. The molecule has 100 valence electrons. The minimum absolute atomic E-state index is 0.00385. The van der Waals surface area contributed by atoms with Crippen molar-refractivity contribution in [1.29, 1.82) is 0 Å². The van der Waals surface area contributed by atoms with Gasteiger partial charge in [-0.15, -0.1) is 0 Å². The van der Waals surface area contributed by atoms with Gasteiger partial charge in [-0.2, -0.15) is 5.10 Å². The Bertz CT molecular complexity index is 650. The Balaban J connectivity index is 2.65. The second kappa shape index (κ2) is 4.93. The largest absolute Gasteiger partial charge is 0.496 e. The Kier molecular flexibility index (Phi) is 3.48. The lowest BCUT2D eigenvalue weighted by Crippen LogP contribution is -2.00. The molecular formula is C13H13ClN2O3. The minimum Gasteiger partial charge on any atom is -0.496 e. The van der Waals surface area contributed by atoms with Gasteiger partial charge in [-0.3, -0.25) is 4.68 Å². The van der Waals surface area contributed by atoms with Crippen LogP contribution in [0, 0.1) is 6.92 Å². The number of nitrogens with zero attached hydrogens (tertiary/aromatic N) is 2. The number of aryl methyl sites for hydroxylation is 1. The summed E-state index contributed by atoms with van der Waals surface area (Å²) >= 11 is 6.05. The summed E-state index contributed by atoms with van der Waals surface area (Å²) < 4.78 is 6.77. The van der Waals surface area contributed by atoms with E-state index in [0.717, 1.165) is 11.1 Å². The van der Waals surface area contributed by atoms with Gasteiger partial charge in [0.2, 0.25) is 0 Å². The Hall–Kier alpha value is -2.01. The molecular weight excluding hydrogens is 268 g/mol. The standard InChI is InChI=1S/C13H13ClN2O3/c1-7-9(4-8(14)5-12(7)19-3)11-6-10(13(17)18)15-16(11)2/h4-6H,1-3H3,(H,17,18). The average Bonchev–Trinajstić information content (AvgIpc) is 2.74. The van der Waals surface area contributed by atoms with Crippen LogP contribution >= 0.6 is 11.6 Å². The van der Waals surface area contributed by atoms with Crippen LogP contribution in [0.4, 0.5) is 0 Å². The minimum atomic E-state index is -1.06. The van der Waals surface area contributed by atoms with Crippen molar-refractivity contribution in [3.8, 4) is 17.0 Å². The molecule has 6 heteroatoms. The van der Waals surface area contributed by atoms with E-state index < -0.39 is 5.97 Å². The molecule has 1 aromatic heterocycles. The first-order valence-corrected chi connectivity index (χ1v) is 5.93. The predicted octanol–water partition coefficient (Wildman–Crippen LogP) is 2.76. The number of carbonyl (C=O) groups is 1. The quantitative estimate of drug-likeness (QED) is 0.939. The summed E-state index contributed by atoms with van der Waals surface area (Å²) in [6.45, 7) is 1.89. The van der Waals surface area contributed by atoms with Crippen molar-refractivity contribution in [1.82, 2.24) is 9.78 Å². The van der Waals surface area contributed by atoms with Gasteiger partial charge in [-0.05, 0) is 25.1 Å². The number of rotatable bonds is 3. The highest BCUT2D eigenvalue weighted by molar-refractivity contribution is 6.31. The summed E-state index contributed by atoms with van der Waals surface area (Å²) in [6, 6.07) is 5.00. The lowest BCUT2D eigenvalue weighted by molar-refractivity contribution is 0.0689. The van der Waals surface area contributed by atoms with Crippen molar-refractivity contribution < 1.29 is 14.6 Å². The van der Waals surface area contributed by atoms with E-state index in [2.05, 4.69) is 5.10 Å². The number of benzene rings is 1. The van der Waals surface area contributed by atoms with Crippen LogP contribution in [-0.4, -0.2) is 28.0 Å². The Morgan fingerprint density at radius 1 is 1.42 bits per heavy atom. The van der Waals surface area contributed by atoms with Crippen LogP contribution in [0.15, 0.2) is 18.2 Å². The third kappa shape index (κ3) is 2.42. The third-order valence-corrected chi connectivity index (χ3v) is 3.14. The smallest absolute Gasteiger partial charge is 0.356 e. The topological polar surface area (TPSA) is 64.3 Å². The lowest BCUT2D eigenvalue weighted by atomic mass is 10.0. The number of carboxylic acids is 1. The zero-order chi connectivity index (χ0) is 14.2. The van der Waals surface area contributed by atoms with Gasteiger partial charge in [0.15, 0.2) is 5.69 Å². The number of methoxy groups -OCH3 is 1. The summed E-state index contributed by atoms with van der Waals surface area (Å²) in [6.07, 6.45) is 0. The maximum Gasteiger partial charge on any atom is 0.356 e. The molecule has 2 aromatic rings. The molecule has 0 saturated heterocycles. The predicted molar refractivity (Wildman–Crippen MR) is 71.9 cm³/mol. The number of hydrogen-bond donors (Lipinski definition) is 1. The van der Waals surface area contributed by atoms with E-state index in [1.807, 2.05) is 6.92 Å². The molecule has 0 bridgehead atoms. The highest BCUT2D eigenvalue weighted by Gasteiger charge is 2.16. The number of aromatic carboxylic acids is 1. The fraction of sp³-hybridized carbons (Fsp3) is 0.231. The normalized spacial score (nSPS) is 10.5. The first-order valence-electron chi connectivity index (χ1n) is 5.56. The van der Waals surface area contributed by atoms with Gasteiger partial charge in [0.05, 0.1) is 12.8 Å². The van der Waals surface area contributed by atoms with Crippen molar-refractivity contribution in [2.24, 2.45) is 7.05 Å². The maximum atomic E-state index is 10.9. The van der Waals surface area contributed by atoms with Crippen molar-refractivity contribution in [2.45, 2.75) is 6.92 Å². The summed E-state index contributed by atoms with van der Waals surface area (Å²) in [4.78, 5) is 10.9. The molecule has 0 saturated carbocycles. The average molecular weight is 281 g/mol. The van der Waals surface area contributed by atoms with Crippen LogP contribution in [0.1, 0.15) is 16.1 Å². The first-order chi connectivity index (χ1) is 8.93. The highest BCUT2D eigenvalue weighted by atomic mass is 35.5. The van der Waals surface area contributed by atoms with Gasteiger partial charge in [0, 0.05) is 23.2 Å². The molecule has 5 nitrogen and oxygen atoms in total. The van der Waals surface area contributed by atoms with E-state index in [0.29, 0.717) is 16.5 Å². The van der Waals surface area contributed by atoms with Gasteiger partial charge >= 0.3 is 5.97 Å². The van der Waals surface area contributed by atoms with E-state index >= 15 is 0 Å². The molecule has 0 atom stereocenters.